The van der Waals surface area contributed by atoms with E-state index >= 15 is 0 Å². The molecule has 1 heterocycles. The number of ether oxygens (including phenoxy) is 2. The standard InChI is InChI=1S/C25H30N2O5S/c1-31-23-11-6-18(16-24(23)33(29,30)26-12-14-32-15-13-26)17-25(28)27(20-8-9-20)22-10-7-19-4-2-3-5-21(19)22/h2-6,11,16,20,22H,7-10,12-15,17H2,1H3. The average Bonchev–Trinajstić information content (AvgIpc) is 3.59. The minimum absolute atomic E-state index is 0.0547. The zero-order valence-electron chi connectivity index (χ0n) is 18.9. The molecule has 2 fully saturated rings. The molecule has 0 aromatic heterocycles. The lowest BCUT2D eigenvalue weighted by atomic mass is 10.0. The van der Waals surface area contributed by atoms with E-state index in [0.717, 1.165) is 25.7 Å². The Kier molecular flexibility index (Phi) is 6.16. The van der Waals surface area contributed by atoms with Crippen LogP contribution in [-0.2, 0) is 32.4 Å². The Hall–Kier alpha value is -2.42. The molecule has 1 aliphatic heterocycles. The summed E-state index contributed by atoms with van der Waals surface area (Å²) in [4.78, 5) is 15.7. The van der Waals surface area contributed by atoms with Crippen LogP contribution in [0.3, 0.4) is 0 Å². The summed E-state index contributed by atoms with van der Waals surface area (Å²) in [5.41, 5.74) is 3.26. The quantitative estimate of drug-likeness (QED) is 0.622. The number of fused-ring (bicyclic) bond motifs is 1. The number of carbonyl (C=O) groups excluding carboxylic acids is 1. The summed E-state index contributed by atoms with van der Waals surface area (Å²) in [6.07, 6.45) is 4.17. The molecule has 33 heavy (non-hydrogen) atoms. The summed E-state index contributed by atoms with van der Waals surface area (Å²) in [5, 5.41) is 0. The van der Waals surface area contributed by atoms with Gasteiger partial charge < -0.3 is 14.4 Å². The minimum Gasteiger partial charge on any atom is -0.495 e. The van der Waals surface area contributed by atoms with E-state index in [-0.39, 0.29) is 29.3 Å². The maximum atomic E-state index is 13.5. The highest BCUT2D eigenvalue weighted by Gasteiger charge is 2.40. The zero-order chi connectivity index (χ0) is 23.0. The van der Waals surface area contributed by atoms with Gasteiger partial charge in [-0.15, -0.1) is 0 Å². The Morgan fingerprint density at radius 3 is 2.61 bits per heavy atom. The van der Waals surface area contributed by atoms with Gasteiger partial charge in [-0.25, -0.2) is 8.42 Å². The van der Waals surface area contributed by atoms with Crippen molar-refractivity contribution in [2.24, 2.45) is 0 Å². The summed E-state index contributed by atoms with van der Waals surface area (Å²) in [6, 6.07) is 13.8. The van der Waals surface area contributed by atoms with Crippen LogP contribution in [0.25, 0.3) is 0 Å². The molecule has 1 atom stereocenters. The number of methoxy groups -OCH3 is 1. The van der Waals surface area contributed by atoms with Crippen molar-refractivity contribution in [3.63, 3.8) is 0 Å². The number of hydrogen-bond acceptors (Lipinski definition) is 5. The maximum absolute atomic E-state index is 13.5. The number of nitrogens with zero attached hydrogens (tertiary/aromatic N) is 2. The molecular weight excluding hydrogens is 440 g/mol. The first-order valence-electron chi connectivity index (χ1n) is 11.6. The van der Waals surface area contributed by atoms with Crippen molar-refractivity contribution in [2.45, 2.75) is 49.1 Å². The molecule has 5 rings (SSSR count). The van der Waals surface area contributed by atoms with E-state index in [1.807, 2.05) is 6.07 Å². The van der Waals surface area contributed by atoms with E-state index in [1.54, 1.807) is 18.2 Å². The minimum atomic E-state index is -3.74. The third kappa shape index (κ3) is 4.39. The van der Waals surface area contributed by atoms with Crippen LogP contribution in [0.15, 0.2) is 47.4 Å². The molecule has 2 aliphatic carbocycles. The molecule has 1 unspecified atom stereocenters. The van der Waals surface area contributed by atoms with Crippen molar-refractivity contribution >= 4 is 15.9 Å². The van der Waals surface area contributed by atoms with Gasteiger partial charge in [-0.05, 0) is 54.5 Å². The van der Waals surface area contributed by atoms with Crippen molar-refractivity contribution in [2.75, 3.05) is 33.4 Å². The van der Waals surface area contributed by atoms with E-state index in [0.29, 0.717) is 37.6 Å². The largest absolute Gasteiger partial charge is 0.495 e. The molecule has 1 amide bonds. The lowest BCUT2D eigenvalue weighted by Gasteiger charge is -2.30. The topological polar surface area (TPSA) is 76.2 Å². The number of sulfonamides is 1. The van der Waals surface area contributed by atoms with Crippen LogP contribution in [0.2, 0.25) is 0 Å². The first-order chi connectivity index (χ1) is 16.0. The Balaban J connectivity index is 1.41. The molecule has 2 aromatic carbocycles. The van der Waals surface area contributed by atoms with E-state index in [9.17, 15) is 13.2 Å². The van der Waals surface area contributed by atoms with Gasteiger partial charge in [-0.1, -0.05) is 30.3 Å². The summed E-state index contributed by atoms with van der Waals surface area (Å²) in [6.45, 7) is 1.37. The number of benzene rings is 2. The number of rotatable bonds is 7. The second kappa shape index (κ2) is 9.08. The van der Waals surface area contributed by atoms with Crippen LogP contribution in [0.1, 0.15) is 42.0 Å². The molecular formula is C25H30N2O5S. The molecule has 0 bridgehead atoms. The molecule has 3 aliphatic rings. The molecule has 1 saturated carbocycles. The van der Waals surface area contributed by atoms with Gasteiger partial charge in [0.05, 0.1) is 32.8 Å². The predicted molar refractivity (Wildman–Crippen MR) is 124 cm³/mol. The molecule has 7 nitrogen and oxygen atoms in total. The van der Waals surface area contributed by atoms with Gasteiger partial charge in [0.25, 0.3) is 0 Å². The normalized spacial score (nSPS) is 20.9. The van der Waals surface area contributed by atoms with Crippen LogP contribution >= 0.6 is 0 Å². The first kappa shape index (κ1) is 22.4. The van der Waals surface area contributed by atoms with Crippen LogP contribution < -0.4 is 4.74 Å². The van der Waals surface area contributed by atoms with E-state index < -0.39 is 10.0 Å². The molecule has 0 radical (unpaired) electrons. The predicted octanol–water partition coefficient (Wildman–Crippen LogP) is 2.94. The first-order valence-corrected chi connectivity index (χ1v) is 13.1. The molecule has 2 aromatic rings. The van der Waals surface area contributed by atoms with Gasteiger partial charge in [0.1, 0.15) is 10.6 Å². The van der Waals surface area contributed by atoms with Crippen LogP contribution in [0, 0.1) is 0 Å². The third-order valence-corrected chi connectivity index (χ3v) is 8.76. The number of carbonyl (C=O) groups is 1. The van der Waals surface area contributed by atoms with Gasteiger partial charge in [0.15, 0.2) is 0 Å². The van der Waals surface area contributed by atoms with Crippen LogP contribution in [-0.4, -0.2) is 63.0 Å². The van der Waals surface area contributed by atoms with E-state index in [2.05, 4.69) is 23.1 Å². The molecule has 8 heteroatoms. The molecule has 0 spiro atoms. The molecule has 1 saturated heterocycles. The van der Waals surface area contributed by atoms with E-state index in [1.165, 1.54) is 22.5 Å². The second-order valence-electron chi connectivity index (χ2n) is 8.96. The van der Waals surface area contributed by atoms with Gasteiger partial charge in [0, 0.05) is 19.1 Å². The second-order valence-corrected chi connectivity index (χ2v) is 10.9. The SMILES string of the molecule is COc1ccc(CC(=O)N(C2CC2)C2CCc3ccccc32)cc1S(=O)(=O)N1CCOCC1. The summed E-state index contributed by atoms with van der Waals surface area (Å²) >= 11 is 0. The van der Waals surface area contributed by atoms with Gasteiger partial charge in [-0.3, -0.25) is 4.79 Å². The summed E-state index contributed by atoms with van der Waals surface area (Å²) in [5.74, 6) is 0.348. The van der Waals surface area contributed by atoms with Crippen LogP contribution in [0.4, 0.5) is 0 Å². The highest BCUT2D eigenvalue weighted by Crippen LogP contribution is 2.42. The summed E-state index contributed by atoms with van der Waals surface area (Å²) < 4.78 is 38.7. The van der Waals surface area contributed by atoms with Crippen molar-refractivity contribution in [3.05, 3.63) is 59.2 Å². The van der Waals surface area contributed by atoms with Crippen molar-refractivity contribution < 1.29 is 22.7 Å². The lowest BCUT2D eigenvalue weighted by molar-refractivity contribution is -0.133. The Labute approximate surface area is 195 Å². The number of morpholine rings is 1. The maximum Gasteiger partial charge on any atom is 0.246 e. The van der Waals surface area contributed by atoms with Crippen molar-refractivity contribution in [1.82, 2.24) is 9.21 Å². The number of hydrogen-bond donors (Lipinski definition) is 0. The number of aryl methyl sites for hydroxylation is 1. The fourth-order valence-electron chi connectivity index (χ4n) is 5.03. The zero-order valence-corrected chi connectivity index (χ0v) is 19.7. The molecule has 0 N–H and O–H groups in total. The van der Waals surface area contributed by atoms with Crippen LogP contribution in [0.5, 0.6) is 5.75 Å². The Morgan fingerprint density at radius 2 is 1.88 bits per heavy atom. The Morgan fingerprint density at radius 1 is 1.12 bits per heavy atom. The van der Waals surface area contributed by atoms with Crippen molar-refractivity contribution in [3.8, 4) is 5.75 Å². The molecule has 176 valence electrons. The third-order valence-electron chi connectivity index (χ3n) is 6.84. The monoisotopic (exact) mass is 470 g/mol. The highest BCUT2D eigenvalue weighted by molar-refractivity contribution is 7.89. The fourth-order valence-corrected chi connectivity index (χ4v) is 6.65. The fraction of sp³-hybridized carbons (Fsp3) is 0.480. The Bertz CT molecular complexity index is 1140. The van der Waals surface area contributed by atoms with Gasteiger partial charge in [0.2, 0.25) is 15.9 Å². The van der Waals surface area contributed by atoms with Gasteiger partial charge in [-0.2, -0.15) is 4.31 Å². The van der Waals surface area contributed by atoms with E-state index in [4.69, 9.17) is 9.47 Å². The van der Waals surface area contributed by atoms with Gasteiger partial charge >= 0.3 is 0 Å². The summed E-state index contributed by atoms with van der Waals surface area (Å²) in [7, 11) is -2.28. The smallest absolute Gasteiger partial charge is 0.246 e. The number of amides is 1. The average molecular weight is 471 g/mol. The van der Waals surface area contributed by atoms with Crippen molar-refractivity contribution in [1.29, 1.82) is 0 Å². The highest BCUT2D eigenvalue weighted by atomic mass is 32.2. The lowest BCUT2D eigenvalue weighted by Crippen LogP contribution is -2.40.